The predicted molar refractivity (Wildman–Crippen MR) is 86.8 cm³/mol. The van der Waals surface area contributed by atoms with Crippen LogP contribution < -0.4 is 4.74 Å². The molecule has 2 fully saturated rings. The van der Waals surface area contributed by atoms with Crippen molar-refractivity contribution in [3.63, 3.8) is 0 Å². The molecule has 0 N–H and O–H groups in total. The first-order chi connectivity index (χ1) is 11.1. The third-order valence-corrected chi connectivity index (χ3v) is 5.18. The number of likely N-dealkylation sites (tertiary alicyclic amines) is 2. The van der Waals surface area contributed by atoms with E-state index in [1.54, 1.807) is 26.2 Å². The minimum Gasteiger partial charge on any atom is -0.496 e. The van der Waals surface area contributed by atoms with Gasteiger partial charge in [-0.05, 0) is 50.4 Å². The Hall–Kier alpha value is -1.62. The minimum absolute atomic E-state index is 0.169. The maximum absolute atomic E-state index is 13.6. The fourth-order valence-corrected chi connectivity index (χ4v) is 4.16. The first kappa shape index (κ1) is 16.2. The highest BCUT2D eigenvalue weighted by molar-refractivity contribution is 5.74. The molecule has 126 valence electrons. The smallest absolute Gasteiger partial charge is 0.219 e. The molecular formula is C18H25FN2O2. The number of nitrogens with zero attached hydrogens (tertiary/aromatic N) is 2. The fraction of sp³-hybridized carbons (Fsp3) is 0.611. The van der Waals surface area contributed by atoms with Crippen molar-refractivity contribution in [3.05, 3.63) is 29.6 Å². The van der Waals surface area contributed by atoms with Gasteiger partial charge >= 0.3 is 0 Å². The van der Waals surface area contributed by atoms with Crippen LogP contribution in [-0.4, -0.2) is 48.0 Å². The van der Waals surface area contributed by atoms with Crippen molar-refractivity contribution in [3.8, 4) is 5.75 Å². The van der Waals surface area contributed by atoms with E-state index >= 15 is 0 Å². The van der Waals surface area contributed by atoms with Crippen molar-refractivity contribution in [2.24, 2.45) is 0 Å². The highest BCUT2D eigenvalue weighted by atomic mass is 19.1. The second kappa shape index (κ2) is 6.87. The predicted octanol–water partition coefficient (Wildman–Crippen LogP) is 2.81. The fourth-order valence-electron chi connectivity index (χ4n) is 4.16. The molecule has 0 aromatic heterocycles. The van der Waals surface area contributed by atoms with Gasteiger partial charge < -0.3 is 9.64 Å². The summed E-state index contributed by atoms with van der Waals surface area (Å²) in [6, 6.07) is 5.35. The van der Waals surface area contributed by atoms with Gasteiger partial charge in [0, 0.05) is 37.7 Å². The van der Waals surface area contributed by atoms with Crippen LogP contribution in [-0.2, 0) is 11.3 Å². The lowest BCUT2D eigenvalue weighted by Gasteiger charge is -2.34. The molecule has 1 aromatic rings. The van der Waals surface area contributed by atoms with Gasteiger partial charge in [-0.15, -0.1) is 0 Å². The van der Waals surface area contributed by atoms with Crippen LogP contribution in [0.1, 0.15) is 38.2 Å². The van der Waals surface area contributed by atoms with Crippen molar-refractivity contribution >= 4 is 5.91 Å². The number of hydrogen-bond acceptors (Lipinski definition) is 3. The quantitative estimate of drug-likeness (QED) is 0.855. The van der Waals surface area contributed by atoms with Crippen LogP contribution in [0.2, 0.25) is 0 Å². The summed E-state index contributed by atoms with van der Waals surface area (Å²) in [6.45, 7) is 4.20. The van der Waals surface area contributed by atoms with E-state index in [2.05, 4.69) is 4.90 Å². The van der Waals surface area contributed by atoms with Crippen LogP contribution in [0.3, 0.4) is 0 Å². The van der Waals surface area contributed by atoms with E-state index < -0.39 is 0 Å². The molecule has 1 amide bonds. The molecule has 0 radical (unpaired) electrons. The van der Waals surface area contributed by atoms with Crippen molar-refractivity contribution in [1.82, 2.24) is 9.80 Å². The van der Waals surface area contributed by atoms with E-state index in [1.165, 1.54) is 6.07 Å². The molecule has 0 bridgehead atoms. The zero-order valence-corrected chi connectivity index (χ0v) is 13.9. The molecule has 2 saturated heterocycles. The summed E-state index contributed by atoms with van der Waals surface area (Å²) in [7, 11) is 1.62. The average molecular weight is 320 g/mol. The average Bonchev–Trinajstić information content (AvgIpc) is 3.15. The van der Waals surface area contributed by atoms with Gasteiger partial charge in [-0.25, -0.2) is 4.39 Å². The lowest BCUT2D eigenvalue weighted by atomic mass is 10.0. The summed E-state index contributed by atoms with van der Waals surface area (Å²) in [5.74, 6) is 0.664. The number of benzene rings is 1. The Kier molecular flexibility index (Phi) is 4.85. The number of methoxy groups -OCH3 is 1. The van der Waals surface area contributed by atoms with E-state index in [9.17, 15) is 9.18 Å². The Bertz CT molecular complexity index is 578. The van der Waals surface area contributed by atoms with E-state index in [1.807, 2.05) is 4.90 Å². The normalized spacial score (nSPS) is 25.1. The molecule has 0 aliphatic carbocycles. The largest absolute Gasteiger partial charge is 0.496 e. The Morgan fingerprint density at radius 1 is 1.26 bits per heavy atom. The SMILES string of the molecule is COc1ccc(F)cc1CN1CCC[C@@H]1[C@H]1CCCN1C(C)=O. The summed E-state index contributed by atoms with van der Waals surface area (Å²) in [4.78, 5) is 16.3. The van der Waals surface area contributed by atoms with E-state index in [-0.39, 0.29) is 11.7 Å². The third kappa shape index (κ3) is 3.34. The van der Waals surface area contributed by atoms with Gasteiger partial charge in [0.15, 0.2) is 0 Å². The maximum Gasteiger partial charge on any atom is 0.219 e. The Morgan fingerprint density at radius 2 is 2.00 bits per heavy atom. The van der Waals surface area contributed by atoms with Gasteiger partial charge in [-0.1, -0.05) is 0 Å². The number of ether oxygens (including phenoxy) is 1. The standard InChI is InChI=1S/C18H25FN2O2/c1-13(22)21-10-4-6-17(21)16-5-3-9-20(16)12-14-11-15(19)7-8-18(14)23-2/h7-8,11,16-17H,3-6,9-10,12H2,1-2H3/t16-,17-/m1/s1. The van der Waals surface area contributed by atoms with Crippen LogP contribution in [0.4, 0.5) is 4.39 Å². The van der Waals surface area contributed by atoms with Crippen LogP contribution >= 0.6 is 0 Å². The summed E-state index contributed by atoms with van der Waals surface area (Å²) >= 11 is 0. The van der Waals surface area contributed by atoms with Gasteiger partial charge in [0.2, 0.25) is 5.91 Å². The number of hydrogen-bond donors (Lipinski definition) is 0. The van der Waals surface area contributed by atoms with Crippen molar-refractivity contribution in [2.45, 2.75) is 51.2 Å². The van der Waals surface area contributed by atoms with Crippen molar-refractivity contribution in [1.29, 1.82) is 0 Å². The minimum atomic E-state index is -0.234. The molecule has 2 heterocycles. The van der Waals surface area contributed by atoms with E-state index in [0.29, 0.717) is 18.6 Å². The van der Waals surface area contributed by atoms with E-state index in [4.69, 9.17) is 4.74 Å². The number of halogens is 1. The number of amides is 1. The van der Waals surface area contributed by atoms with Gasteiger partial charge in [0.25, 0.3) is 0 Å². The van der Waals surface area contributed by atoms with Gasteiger partial charge in [-0.2, -0.15) is 0 Å². The zero-order chi connectivity index (χ0) is 16.4. The van der Waals surface area contributed by atoms with Crippen LogP contribution in [0.25, 0.3) is 0 Å². The number of rotatable bonds is 4. The van der Waals surface area contributed by atoms with Gasteiger partial charge in [-0.3, -0.25) is 9.69 Å². The number of carbonyl (C=O) groups excluding carboxylic acids is 1. The van der Waals surface area contributed by atoms with Crippen molar-refractivity contribution in [2.75, 3.05) is 20.2 Å². The second-order valence-electron chi connectivity index (χ2n) is 6.56. The molecule has 0 unspecified atom stereocenters. The van der Waals surface area contributed by atoms with Gasteiger partial charge in [0.1, 0.15) is 11.6 Å². The second-order valence-corrected chi connectivity index (χ2v) is 6.56. The molecule has 5 heteroatoms. The molecule has 1 aromatic carbocycles. The summed E-state index contributed by atoms with van der Waals surface area (Å²) in [5.41, 5.74) is 0.881. The monoisotopic (exact) mass is 320 g/mol. The van der Waals surface area contributed by atoms with E-state index in [0.717, 1.165) is 50.1 Å². The lowest BCUT2D eigenvalue weighted by Crippen LogP contribution is -2.47. The van der Waals surface area contributed by atoms with Crippen LogP contribution in [0.5, 0.6) is 5.75 Å². The first-order valence-corrected chi connectivity index (χ1v) is 8.44. The highest BCUT2D eigenvalue weighted by Gasteiger charge is 2.38. The molecule has 2 atom stereocenters. The Labute approximate surface area is 137 Å². The lowest BCUT2D eigenvalue weighted by molar-refractivity contribution is -0.130. The molecule has 0 saturated carbocycles. The topological polar surface area (TPSA) is 32.8 Å². The zero-order valence-electron chi connectivity index (χ0n) is 13.9. The molecular weight excluding hydrogens is 295 g/mol. The summed E-state index contributed by atoms with van der Waals surface area (Å²) < 4.78 is 19.0. The van der Waals surface area contributed by atoms with Gasteiger partial charge in [0.05, 0.1) is 7.11 Å². The van der Waals surface area contributed by atoms with Crippen LogP contribution in [0, 0.1) is 5.82 Å². The maximum atomic E-state index is 13.6. The molecule has 2 aliphatic rings. The first-order valence-electron chi connectivity index (χ1n) is 8.44. The Morgan fingerprint density at radius 3 is 2.74 bits per heavy atom. The molecule has 3 rings (SSSR count). The molecule has 4 nitrogen and oxygen atoms in total. The highest BCUT2D eigenvalue weighted by Crippen LogP contribution is 2.32. The summed E-state index contributed by atoms with van der Waals surface area (Å²) in [6.07, 6.45) is 4.38. The summed E-state index contributed by atoms with van der Waals surface area (Å²) in [5, 5.41) is 0. The molecule has 0 spiro atoms. The molecule has 23 heavy (non-hydrogen) atoms. The van der Waals surface area contributed by atoms with Crippen LogP contribution in [0.15, 0.2) is 18.2 Å². The van der Waals surface area contributed by atoms with Crippen molar-refractivity contribution < 1.29 is 13.9 Å². The molecule has 2 aliphatic heterocycles. The Balaban J connectivity index is 1.77. The third-order valence-electron chi connectivity index (χ3n) is 5.18. The number of carbonyl (C=O) groups is 1.